The van der Waals surface area contributed by atoms with Gasteiger partial charge in [0.1, 0.15) is 5.75 Å². The van der Waals surface area contributed by atoms with E-state index in [2.05, 4.69) is 5.32 Å². The minimum absolute atomic E-state index is 0.00403. The first-order chi connectivity index (χ1) is 10.6. The Labute approximate surface area is 128 Å². The Morgan fingerprint density at radius 2 is 1.91 bits per heavy atom. The van der Waals surface area contributed by atoms with Gasteiger partial charge >= 0.3 is 0 Å². The third kappa shape index (κ3) is 4.54. The van der Waals surface area contributed by atoms with Gasteiger partial charge in [-0.25, -0.2) is 0 Å². The first kappa shape index (κ1) is 15.9. The number of nitrogens with zero attached hydrogens (tertiary/aromatic N) is 1. The maximum absolute atomic E-state index is 10.7. The van der Waals surface area contributed by atoms with E-state index >= 15 is 0 Å². The third-order valence-electron chi connectivity index (χ3n) is 3.28. The number of nitro groups is 1. The van der Waals surface area contributed by atoms with E-state index in [1.54, 1.807) is 0 Å². The summed E-state index contributed by atoms with van der Waals surface area (Å²) in [4.78, 5) is 10.2. The molecule has 0 radical (unpaired) electrons. The highest BCUT2D eigenvalue weighted by Crippen LogP contribution is 2.22. The topological polar surface area (TPSA) is 95.6 Å². The number of phenolic OH excluding ortho intramolecular Hbond substituents is 1. The van der Waals surface area contributed by atoms with Crippen molar-refractivity contribution in [2.45, 2.75) is 19.1 Å². The summed E-state index contributed by atoms with van der Waals surface area (Å²) >= 11 is 0. The SMILES string of the molecule is O=[N+]([O-])c1ccc(O)c(CNCC(O)Cc2ccccc2)c1. The highest BCUT2D eigenvalue weighted by Gasteiger charge is 2.11. The predicted molar refractivity (Wildman–Crippen MR) is 82.6 cm³/mol. The molecular weight excluding hydrogens is 284 g/mol. The van der Waals surface area contributed by atoms with Crippen LogP contribution in [0.25, 0.3) is 0 Å². The molecule has 3 N–H and O–H groups in total. The van der Waals surface area contributed by atoms with E-state index in [4.69, 9.17) is 0 Å². The number of phenols is 1. The molecule has 6 nitrogen and oxygen atoms in total. The van der Waals surface area contributed by atoms with Gasteiger partial charge in [-0.05, 0) is 18.1 Å². The normalized spacial score (nSPS) is 12.0. The first-order valence-electron chi connectivity index (χ1n) is 6.95. The Balaban J connectivity index is 1.85. The molecule has 0 saturated heterocycles. The number of hydrogen-bond donors (Lipinski definition) is 3. The fraction of sp³-hybridized carbons (Fsp3) is 0.250. The molecular formula is C16H18N2O4. The highest BCUT2D eigenvalue weighted by atomic mass is 16.6. The molecule has 116 valence electrons. The second kappa shape index (κ2) is 7.53. The van der Waals surface area contributed by atoms with Gasteiger partial charge in [0.2, 0.25) is 0 Å². The number of hydrogen-bond acceptors (Lipinski definition) is 5. The van der Waals surface area contributed by atoms with Crippen LogP contribution in [0.1, 0.15) is 11.1 Å². The van der Waals surface area contributed by atoms with Crippen LogP contribution in [0, 0.1) is 10.1 Å². The Kier molecular flexibility index (Phi) is 5.46. The van der Waals surface area contributed by atoms with Gasteiger partial charge in [-0.2, -0.15) is 0 Å². The van der Waals surface area contributed by atoms with Gasteiger partial charge in [0.25, 0.3) is 5.69 Å². The quantitative estimate of drug-likeness (QED) is 0.537. The van der Waals surface area contributed by atoms with E-state index in [-0.39, 0.29) is 18.0 Å². The number of non-ortho nitro benzene ring substituents is 1. The maximum atomic E-state index is 10.7. The zero-order valence-electron chi connectivity index (χ0n) is 12.0. The number of benzene rings is 2. The van der Waals surface area contributed by atoms with E-state index in [0.29, 0.717) is 18.5 Å². The summed E-state index contributed by atoms with van der Waals surface area (Å²) in [7, 11) is 0. The van der Waals surface area contributed by atoms with Gasteiger partial charge in [0.15, 0.2) is 0 Å². The Morgan fingerprint density at radius 1 is 1.18 bits per heavy atom. The molecule has 0 saturated carbocycles. The maximum Gasteiger partial charge on any atom is 0.270 e. The first-order valence-corrected chi connectivity index (χ1v) is 6.95. The molecule has 6 heteroatoms. The van der Waals surface area contributed by atoms with Crippen LogP contribution in [0.5, 0.6) is 5.75 Å². The zero-order valence-corrected chi connectivity index (χ0v) is 12.0. The fourth-order valence-electron chi connectivity index (χ4n) is 2.16. The van der Waals surface area contributed by atoms with Crippen LogP contribution in [0.15, 0.2) is 48.5 Å². The van der Waals surface area contributed by atoms with Crippen LogP contribution in [0.3, 0.4) is 0 Å². The molecule has 22 heavy (non-hydrogen) atoms. The number of nitro benzene ring substituents is 1. The summed E-state index contributed by atoms with van der Waals surface area (Å²) in [5.41, 5.74) is 1.40. The molecule has 1 atom stereocenters. The van der Waals surface area contributed by atoms with Crippen LogP contribution < -0.4 is 5.32 Å². The molecule has 0 aliphatic rings. The van der Waals surface area contributed by atoms with Crippen LogP contribution >= 0.6 is 0 Å². The van der Waals surface area contributed by atoms with E-state index in [0.717, 1.165) is 5.56 Å². The van der Waals surface area contributed by atoms with Crippen LogP contribution in [-0.4, -0.2) is 27.8 Å². The molecule has 2 aromatic rings. The van der Waals surface area contributed by atoms with Crippen molar-refractivity contribution in [1.82, 2.24) is 5.32 Å². The molecule has 0 fully saturated rings. The molecule has 1 unspecified atom stereocenters. The van der Waals surface area contributed by atoms with Crippen molar-refractivity contribution in [2.75, 3.05) is 6.54 Å². The van der Waals surface area contributed by atoms with E-state index in [9.17, 15) is 20.3 Å². The standard InChI is InChI=1S/C16H18N2O4/c19-15(8-12-4-2-1-3-5-12)11-17-10-13-9-14(18(21)22)6-7-16(13)20/h1-7,9,15,17,19-20H,8,10-11H2. The van der Waals surface area contributed by atoms with Gasteiger partial charge in [0, 0.05) is 30.8 Å². The van der Waals surface area contributed by atoms with E-state index in [1.165, 1.54) is 18.2 Å². The van der Waals surface area contributed by atoms with Crippen LogP contribution in [0.2, 0.25) is 0 Å². The lowest BCUT2D eigenvalue weighted by Crippen LogP contribution is -2.28. The molecule has 0 aromatic heterocycles. The van der Waals surface area contributed by atoms with Crippen molar-refractivity contribution in [1.29, 1.82) is 0 Å². The monoisotopic (exact) mass is 302 g/mol. The molecule has 0 amide bonds. The summed E-state index contributed by atoms with van der Waals surface area (Å²) in [6.45, 7) is 0.580. The fourth-order valence-corrected chi connectivity index (χ4v) is 2.16. The minimum Gasteiger partial charge on any atom is -0.508 e. The highest BCUT2D eigenvalue weighted by molar-refractivity contribution is 5.42. The average molecular weight is 302 g/mol. The van der Waals surface area contributed by atoms with Crippen molar-refractivity contribution in [3.05, 3.63) is 69.8 Å². The van der Waals surface area contributed by atoms with Gasteiger partial charge < -0.3 is 15.5 Å². The average Bonchev–Trinajstić information content (AvgIpc) is 2.50. The van der Waals surface area contributed by atoms with Crippen molar-refractivity contribution >= 4 is 5.69 Å². The number of nitrogens with one attached hydrogen (secondary N) is 1. The lowest BCUT2D eigenvalue weighted by molar-refractivity contribution is -0.384. The lowest BCUT2D eigenvalue weighted by Gasteiger charge is -2.12. The van der Waals surface area contributed by atoms with E-state index in [1.807, 2.05) is 30.3 Å². The van der Waals surface area contributed by atoms with Gasteiger partial charge in [-0.1, -0.05) is 30.3 Å². The molecule has 0 spiro atoms. The molecule has 0 aliphatic carbocycles. The molecule has 0 aliphatic heterocycles. The zero-order chi connectivity index (χ0) is 15.9. The minimum atomic E-state index is -0.566. The van der Waals surface area contributed by atoms with Crippen LogP contribution in [-0.2, 0) is 13.0 Å². The Morgan fingerprint density at radius 3 is 2.59 bits per heavy atom. The third-order valence-corrected chi connectivity index (χ3v) is 3.28. The van der Waals surface area contributed by atoms with E-state index < -0.39 is 11.0 Å². The van der Waals surface area contributed by atoms with Gasteiger partial charge in [-0.15, -0.1) is 0 Å². The molecule has 0 heterocycles. The van der Waals surface area contributed by atoms with Crippen molar-refractivity contribution in [3.8, 4) is 5.75 Å². The Hall–Kier alpha value is -2.44. The number of aliphatic hydroxyl groups excluding tert-OH is 1. The smallest absolute Gasteiger partial charge is 0.270 e. The predicted octanol–water partition coefficient (Wildman–Crippen LogP) is 1.99. The summed E-state index contributed by atoms with van der Waals surface area (Å²) in [6.07, 6.45) is -0.0439. The number of aromatic hydroxyl groups is 1. The molecule has 0 bridgehead atoms. The number of aliphatic hydroxyl groups is 1. The Bertz CT molecular complexity index is 631. The number of rotatable bonds is 7. The van der Waals surface area contributed by atoms with Crippen LogP contribution in [0.4, 0.5) is 5.69 Å². The summed E-state index contributed by atoms with van der Waals surface area (Å²) in [6, 6.07) is 13.5. The largest absolute Gasteiger partial charge is 0.508 e. The second-order valence-corrected chi connectivity index (χ2v) is 5.04. The van der Waals surface area contributed by atoms with Crippen molar-refractivity contribution in [3.63, 3.8) is 0 Å². The second-order valence-electron chi connectivity index (χ2n) is 5.04. The summed E-state index contributed by atoms with van der Waals surface area (Å²) in [5, 5.41) is 33.4. The van der Waals surface area contributed by atoms with Crippen molar-refractivity contribution < 1.29 is 15.1 Å². The van der Waals surface area contributed by atoms with Gasteiger partial charge in [0.05, 0.1) is 11.0 Å². The summed E-state index contributed by atoms with van der Waals surface area (Å²) in [5.74, 6) is -0.00403. The summed E-state index contributed by atoms with van der Waals surface area (Å²) < 4.78 is 0. The molecule has 2 rings (SSSR count). The molecule has 2 aromatic carbocycles. The van der Waals surface area contributed by atoms with Gasteiger partial charge in [-0.3, -0.25) is 10.1 Å². The lowest BCUT2D eigenvalue weighted by atomic mass is 10.1. The van der Waals surface area contributed by atoms with Crippen molar-refractivity contribution in [2.24, 2.45) is 0 Å².